The van der Waals surface area contributed by atoms with Crippen LogP contribution in [0.3, 0.4) is 0 Å². The zero-order chi connectivity index (χ0) is 17.6. The molecule has 0 saturated heterocycles. The summed E-state index contributed by atoms with van der Waals surface area (Å²) in [5.74, 6) is -1.34. The van der Waals surface area contributed by atoms with Gasteiger partial charge in [0, 0.05) is 36.7 Å². The maximum Gasteiger partial charge on any atom is 0.326 e. The van der Waals surface area contributed by atoms with Crippen LogP contribution in [0.4, 0.5) is 5.69 Å². The van der Waals surface area contributed by atoms with Gasteiger partial charge in [-0.15, -0.1) is 0 Å². The standard InChI is InChI=1S/C16H24N2O3S2/c1-10(9-22)15(19)17-13(16(20)21)8-14(23)11-4-6-12(7-5-11)18(2)3/h4-7,10,13-14,22-23H,8-9H2,1-3H3,(H,17,19)(H,20,21). The monoisotopic (exact) mass is 356 g/mol. The summed E-state index contributed by atoms with van der Waals surface area (Å²) in [6.07, 6.45) is 0.213. The highest BCUT2D eigenvalue weighted by Crippen LogP contribution is 2.27. The van der Waals surface area contributed by atoms with Crippen molar-refractivity contribution < 1.29 is 14.7 Å². The molecule has 0 bridgehead atoms. The average molecular weight is 357 g/mol. The Morgan fingerprint density at radius 3 is 2.26 bits per heavy atom. The van der Waals surface area contributed by atoms with Crippen LogP contribution in [0.15, 0.2) is 24.3 Å². The summed E-state index contributed by atoms with van der Waals surface area (Å²) in [5.41, 5.74) is 1.97. The Hall–Kier alpha value is -1.34. The zero-order valence-corrected chi connectivity index (χ0v) is 15.3. The second-order valence-electron chi connectivity index (χ2n) is 5.72. The van der Waals surface area contributed by atoms with E-state index in [4.69, 9.17) is 0 Å². The smallest absolute Gasteiger partial charge is 0.326 e. The topological polar surface area (TPSA) is 69.6 Å². The molecule has 0 saturated carbocycles. The van der Waals surface area contributed by atoms with E-state index in [1.54, 1.807) is 6.92 Å². The molecular weight excluding hydrogens is 332 g/mol. The van der Waals surface area contributed by atoms with Crippen molar-refractivity contribution in [1.29, 1.82) is 0 Å². The molecule has 3 unspecified atom stereocenters. The maximum absolute atomic E-state index is 11.9. The summed E-state index contributed by atoms with van der Waals surface area (Å²) in [6.45, 7) is 1.71. The number of thiol groups is 2. The molecule has 1 aromatic carbocycles. The lowest BCUT2D eigenvalue weighted by molar-refractivity contribution is -0.142. The number of benzene rings is 1. The van der Waals surface area contributed by atoms with E-state index in [0.29, 0.717) is 5.75 Å². The van der Waals surface area contributed by atoms with E-state index in [2.05, 4.69) is 30.6 Å². The molecule has 0 aliphatic carbocycles. The molecule has 7 heteroatoms. The van der Waals surface area contributed by atoms with Gasteiger partial charge in [0.25, 0.3) is 0 Å². The van der Waals surface area contributed by atoms with Gasteiger partial charge in [-0.25, -0.2) is 4.79 Å². The van der Waals surface area contributed by atoms with E-state index < -0.39 is 12.0 Å². The van der Waals surface area contributed by atoms with E-state index in [1.807, 2.05) is 43.3 Å². The third-order valence-corrected chi connectivity index (χ3v) is 4.65. The first kappa shape index (κ1) is 19.7. The van der Waals surface area contributed by atoms with E-state index in [1.165, 1.54) is 0 Å². The maximum atomic E-state index is 11.9. The van der Waals surface area contributed by atoms with Crippen molar-refractivity contribution in [2.24, 2.45) is 5.92 Å². The lowest BCUT2D eigenvalue weighted by Gasteiger charge is -2.21. The van der Waals surface area contributed by atoms with E-state index in [9.17, 15) is 14.7 Å². The number of carbonyl (C=O) groups is 2. The molecule has 0 heterocycles. The van der Waals surface area contributed by atoms with Crippen molar-refractivity contribution in [2.75, 3.05) is 24.7 Å². The molecule has 5 nitrogen and oxygen atoms in total. The third-order valence-electron chi connectivity index (χ3n) is 3.59. The minimum Gasteiger partial charge on any atom is -0.480 e. The second kappa shape index (κ2) is 9.08. The Balaban J connectivity index is 2.75. The Kier molecular flexibility index (Phi) is 7.78. The predicted molar refractivity (Wildman–Crippen MR) is 99.7 cm³/mol. The number of hydrogen-bond acceptors (Lipinski definition) is 5. The molecule has 0 aliphatic heterocycles. The average Bonchev–Trinajstić information content (AvgIpc) is 2.52. The van der Waals surface area contributed by atoms with Crippen molar-refractivity contribution >= 4 is 42.8 Å². The van der Waals surface area contributed by atoms with Crippen LogP contribution < -0.4 is 10.2 Å². The fraction of sp³-hybridized carbons (Fsp3) is 0.500. The highest BCUT2D eigenvalue weighted by molar-refractivity contribution is 7.80. The van der Waals surface area contributed by atoms with Crippen molar-refractivity contribution in [1.82, 2.24) is 5.32 Å². The molecule has 0 radical (unpaired) electrons. The van der Waals surface area contributed by atoms with Gasteiger partial charge < -0.3 is 15.3 Å². The normalized spacial score (nSPS) is 14.7. The minimum absolute atomic E-state index is 0.213. The van der Waals surface area contributed by atoms with E-state index >= 15 is 0 Å². The van der Waals surface area contributed by atoms with Crippen LogP contribution in [-0.2, 0) is 9.59 Å². The first-order valence-corrected chi connectivity index (χ1v) is 8.50. The van der Waals surface area contributed by atoms with Gasteiger partial charge in [0.2, 0.25) is 5.91 Å². The summed E-state index contributed by atoms with van der Waals surface area (Å²) in [4.78, 5) is 25.2. The molecule has 0 aliphatic rings. The largest absolute Gasteiger partial charge is 0.480 e. The molecule has 1 aromatic rings. The molecule has 0 spiro atoms. The van der Waals surface area contributed by atoms with Crippen LogP contribution in [0.1, 0.15) is 24.2 Å². The Morgan fingerprint density at radius 1 is 1.26 bits per heavy atom. The molecule has 128 valence electrons. The predicted octanol–water partition coefficient (Wildman–Crippen LogP) is 2.25. The molecule has 3 atom stereocenters. The van der Waals surface area contributed by atoms with Gasteiger partial charge in [-0.05, 0) is 24.1 Å². The summed E-state index contributed by atoms with van der Waals surface area (Å²) in [5, 5.41) is 11.6. The SMILES string of the molecule is CC(CS)C(=O)NC(CC(S)c1ccc(N(C)C)cc1)C(=O)O. The van der Waals surface area contributed by atoms with Gasteiger partial charge in [0.1, 0.15) is 6.04 Å². The number of aliphatic carboxylic acids is 1. The fourth-order valence-electron chi connectivity index (χ4n) is 1.97. The zero-order valence-electron chi connectivity index (χ0n) is 13.6. The Morgan fingerprint density at radius 2 is 1.83 bits per heavy atom. The van der Waals surface area contributed by atoms with Crippen molar-refractivity contribution in [3.63, 3.8) is 0 Å². The molecule has 23 heavy (non-hydrogen) atoms. The third kappa shape index (κ3) is 5.99. The minimum atomic E-state index is -1.06. The fourth-order valence-corrected chi connectivity index (χ4v) is 2.52. The second-order valence-corrected chi connectivity index (χ2v) is 6.71. The van der Waals surface area contributed by atoms with Crippen LogP contribution >= 0.6 is 25.3 Å². The van der Waals surface area contributed by atoms with Gasteiger partial charge in [0.15, 0.2) is 0 Å². The molecule has 2 N–H and O–H groups in total. The molecular formula is C16H24N2O3S2. The number of carbonyl (C=O) groups excluding carboxylic acids is 1. The molecule has 0 fully saturated rings. The van der Waals surface area contributed by atoms with Gasteiger partial charge in [-0.2, -0.15) is 25.3 Å². The molecule has 1 rings (SSSR count). The van der Waals surface area contributed by atoms with E-state index in [-0.39, 0.29) is 23.5 Å². The highest BCUT2D eigenvalue weighted by Gasteiger charge is 2.25. The van der Waals surface area contributed by atoms with Crippen LogP contribution in [0.25, 0.3) is 0 Å². The number of nitrogens with one attached hydrogen (secondary N) is 1. The van der Waals surface area contributed by atoms with Crippen LogP contribution in [0.2, 0.25) is 0 Å². The van der Waals surface area contributed by atoms with E-state index in [0.717, 1.165) is 11.3 Å². The summed E-state index contributed by atoms with van der Waals surface area (Å²) >= 11 is 8.55. The number of carboxylic acid groups (broad SMARTS) is 1. The van der Waals surface area contributed by atoms with Gasteiger partial charge in [-0.1, -0.05) is 19.1 Å². The first-order chi connectivity index (χ1) is 10.8. The van der Waals surface area contributed by atoms with Crippen LogP contribution in [-0.4, -0.2) is 42.9 Å². The number of rotatable bonds is 8. The lowest BCUT2D eigenvalue weighted by Crippen LogP contribution is -2.44. The Bertz CT molecular complexity index is 535. The Labute approximate surface area is 148 Å². The lowest BCUT2D eigenvalue weighted by atomic mass is 10.0. The summed E-state index contributed by atoms with van der Waals surface area (Å²) in [6, 6.07) is 6.78. The molecule has 1 amide bonds. The van der Waals surface area contributed by atoms with Crippen molar-refractivity contribution in [3.05, 3.63) is 29.8 Å². The molecule has 0 aromatic heterocycles. The van der Waals surface area contributed by atoms with Crippen molar-refractivity contribution in [3.8, 4) is 0 Å². The number of carboxylic acids is 1. The number of hydrogen-bond donors (Lipinski definition) is 4. The first-order valence-electron chi connectivity index (χ1n) is 7.35. The quantitative estimate of drug-likeness (QED) is 0.539. The summed E-state index contributed by atoms with van der Waals surface area (Å²) in [7, 11) is 3.90. The van der Waals surface area contributed by atoms with Gasteiger partial charge in [-0.3, -0.25) is 4.79 Å². The van der Waals surface area contributed by atoms with Crippen molar-refractivity contribution in [2.45, 2.75) is 24.6 Å². The number of anilines is 1. The summed E-state index contributed by atoms with van der Waals surface area (Å²) < 4.78 is 0. The highest BCUT2D eigenvalue weighted by atomic mass is 32.1. The van der Waals surface area contributed by atoms with Gasteiger partial charge in [0.05, 0.1) is 0 Å². The number of nitrogens with zero attached hydrogens (tertiary/aromatic N) is 1. The van der Waals surface area contributed by atoms with Crippen LogP contribution in [0.5, 0.6) is 0 Å². The van der Waals surface area contributed by atoms with Crippen LogP contribution in [0, 0.1) is 5.92 Å². The number of amides is 1. The van der Waals surface area contributed by atoms with Gasteiger partial charge >= 0.3 is 5.97 Å².